The molecule has 0 rings (SSSR count). The van der Waals surface area contributed by atoms with Crippen LogP contribution in [0.5, 0.6) is 0 Å². The minimum absolute atomic E-state index is 1.19. The molecular formula is C15H38N2. The second kappa shape index (κ2) is 21.2. The number of likely N-dealkylation sites (N-methyl/N-ethyl adjacent to an activating group) is 2. The van der Waals surface area contributed by atoms with Crippen LogP contribution in [0.4, 0.5) is 0 Å². The Labute approximate surface area is 111 Å². The molecule has 0 heterocycles. The van der Waals surface area contributed by atoms with Gasteiger partial charge in [-0.05, 0) is 39.5 Å². The quantitative estimate of drug-likeness (QED) is 0.636. The van der Waals surface area contributed by atoms with Crippen molar-refractivity contribution in [1.82, 2.24) is 9.80 Å². The molecule has 0 aromatic heterocycles. The molecule has 0 saturated heterocycles. The van der Waals surface area contributed by atoms with Crippen LogP contribution >= 0.6 is 0 Å². The Balaban J connectivity index is -0.000000439. The molecule has 0 aliphatic heterocycles. The van der Waals surface area contributed by atoms with Crippen LogP contribution < -0.4 is 0 Å². The van der Waals surface area contributed by atoms with Gasteiger partial charge in [-0.15, -0.1) is 0 Å². The third-order valence-corrected chi connectivity index (χ3v) is 2.39. The first-order valence-electron chi connectivity index (χ1n) is 7.65. The summed E-state index contributed by atoms with van der Waals surface area (Å²) in [6.45, 7) is 20.8. The van der Waals surface area contributed by atoms with Crippen molar-refractivity contribution in [3.63, 3.8) is 0 Å². The molecule has 0 aliphatic carbocycles. The van der Waals surface area contributed by atoms with E-state index in [2.05, 4.69) is 37.6 Å². The Bertz CT molecular complexity index is 105. The number of hydrogen-bond acceptors (Lipinski definition) is 2. The average Bonchev–Trinajstić information content (AvgIpc) is 2.39. The maximum Gasteiger partial charge on any atom is 0.0109 e. The maximum absolute atomic E-state index is 2.52. The molecule has 0 radical (unpaired) electrons. The molecule has 17 heavy (non-hydrogen) atoms. The van der Waals surface area contributed by atoms with E-state index in [1.54, 1.807) is 0 Å². The van der Waals surface area contributed by atoms with Crippen molar-refractivity contribution in [2.75, 3.05) is 39.8 Å². The molecule has 2 nitrogen and oxygen atoms in total. The van der Waals surface area contributed by atoms with Crippen LogP contribution in [-0.4, -0.2) is 49.6 Å². The van der Waals surface area contributed by atoms with Gasteiger partial charge in [-0.25, -0.2) is 0 Å². The summed E-state index contributed by atoms with van der Waals surface area (Å²) in [4.78, 5) is 4.94. The molecule has 0 amide bonds. The number of hydrogen-bond donors (Lipinski definition) is 0. The highest BCUT2D eigenvalue weighted by Gasteiger charge is 2.02. The summed E-state index contributed by atoms with van der Waals surface area (Å²) in [5.74, 6) is 0. The first kappa shape index (κ1) is 22.1. The van der Waals surface area contributed by atoms with E-state index in [0.29, 0.717) is 0 Å². The summed E-state index contributed by atoms with van der Waals surface area (Å²) in [5, 5.41) is 0. The van der Waals surface area contributed by atoms with E-state index >= 15 is 0 Å². The van der Waals surface area contributed by atoms with Crippen molar-refractivity contribution in [3.05, 3.63) is 0 Å². The van der Waals surface area contributed by atoms with Crippen molar-refractivity contribution in [2.45, 2.75) is 61.3 Å². The molecule has 0 aromatic rings. The Hall–Kier alpha value is -0.0800. The summed E-state index contributed by atoms with van der Waals surface area (Å²) in [5.41, 5.74) is 0. The first-order valence-corrected chi connectivity index (χ1v) is 7.65. The van der Waals surface area contributed by atoms with E-state index in [-0.39, 0.29) is 0 Å². The van der Waals surface area contributed by atoms with Gasteiger partial charge in [-0.2, -0.15) is 0 Å². The maximum atomic E-state index is 2.52. The van der Waals surface area contributed by atoms with Crippen molar-refractivity contribution >= 4 is 0 Å². The third-order valence-electron chi connectivity index (χ3n) is 2.39. The molecule has 0 atom stereocenters. The molecule has 0 aliphatic rings. The van der Waals surface area contributed by atoms with Gasteiger partial charge in [-0.3, -0.25) is 0 Å². The summed E-state index contributed by atoms with van der Waals surface area (Å²) >= 11 is 0. The standard InChI is InChI=1S/C11H26N2.2C2H6/c1-5-8-12(4)10-11-13(7-3)9-6-2;2*1-2/h5-11H2,1-4H3;2*1-2H3. The van der Waals surface area contributed by atoms with Gasteiger partial charge in [0.25, 0.3) is 0 Å². The summed E-state index contributed by atoms with van der Waals surface area (Å²) in [7, 11) is 2.21. The lowest BCUT2D eigenvalue weighted by molar-refractivity contribution is 0.233. The van der Waals surface area contributed by atoms with Crippen LogP contribution in [0.25, 0.3) is 0 Å². The lowest BCUT2D eigenvalue weighted by atomic mass is 10.3. The van der Waals surface area contributed by atoms with E-state index in [4.69, 9.17) is 0 Å². The topological polar surface area (TPSA) is 6.48 Å². The van der Waals surface area contributed by atoms with E-state index in [1.807, 2.05) is 27.7 Å². The molecule has 108 valence electrons. The van der Waals surface area contributed by atoms with Crippen LogP contribution in [-0.2, 0) is 0 Å². The molecule has 0 fully saturated rings. The van der Waals surface area contributed by atoms with Gasteiger partial charge in [-0.1, -0.05) is 48.5 Å². The predicted octanol–water partition coefficient (Wildman–Crippen LogP) is 4.11. The van der Waals surface area contributed by atoms with Gasteiger partial charge in [0.1, 0.15) is 0 Å². The monoisotopic (exact) mass is 246 g/mol. The van der Waals surface area contributed by atoms with Gasteiger partial charge in [0.05, 0.1) is 0 Å². The molecule has 2 heteroatoms. The Morgan fingerprint density at radius 1 is 0.647 bits per heavy atom. The number of nitrogens with zero attached hydrogens (tertiary/aromatic N) is 2. The highest BCUT2D eigenvalue weighted by atomic mass is 15.2. The van der Waals surface area contributed by atoms with Gasteiger partial charge in [0.2, 0.25) is 0 Å². The zero-order valence-electron chi connectivity index (χ0n) is 13.8. The third kappa shape index (κ3) is 18.5. The first-order chi connectivity index (χ1) is 8.24. The second-order valence-electron chi connectivity index (χ2n) is 3.74. The van der Waals surface area contributed by atoms with Crippen LogP contribution in [0.1, 0.15) is 61.3 Å². The highest BCUT2D eigenvalue weighted by Crippen LogP contribution is 1.93. The molecular weight excluding hydrogens is 208 g/mol. The Morgan fingerprint density at radius 2 is 1.12 bits per heavy atom. The fourth-order valence-electron chi connectivity index (χ4n) is 1.55. The van der Waals surface area contributed by atoms with E-state index in [1.165, 1.54) is 45.6 Å². The van der Waals surface area contributed by atoms with E-state index in [9.17, 15) is 0 Å². The molecule has 0 bridgehead atoms. The van der Waals surface area contributed by atoms with Crippen molar-refractivity contribution < 1.29 is 0 Å². The molecule has 0 aromatic carbocycles. The van der Waals surface area contributed by atoms with E-state index in [0.717, 1.165) is 0 Å². The lowest BCUT2D eigenvalue weighted by Gasteiger charge is -2.23. The fraction of sp³-hybridized carbons (Fsp3) is 1.00. The summed E-state index contributed by atoms with van der Waals surface area (Å²) in [6.07, 6.45) is 2.53. The molecule has 0 spiro atoms. The predicted molar refractivity (Wildman–Crippen MR) is 82.9 cm³/mol. The normalized spacial score (nSPS) is 9.53. The average molecular weight is 246 g/mol. The number of rotatable bonds is 8. The lowest BCUT2D eigenvalue weighted by Crippen LogP contribution is -2.33. The summed E-state index contributed by atoms with van der Waals surface area (Å²) < 4.78 is 0. The van der Waals surface area contributed by atoms with Crippen LogP contribution in [0.3, 0.4) is 0 Å². The van der Waals surface area contributed by atoms with Crippen molar-refractivity contribution in [1.29, 1.82) is 0 Å². The largest absolute Gasteiger partial charge is 0.305 e. The van der Waals surface area contributed by atoms with Crippen LogP contribution in [0.2, 0.25) is 0 Å². The van der Waals surface area contributed by atoms with Crippen LogP contribution in [0.15, 0.2) is 0 Å². The Morgan fingerprint density at radius 3 is 1.47 bits per heavy atom. The molecule has 0 unspecified atom stereocenters. The van der Waals surface area contributed by atoms with Gasteiger partial charge in [0, 0.05) is 13.1 Å². The van der Waals surface area contributed by atoms with Crippen molar-refractivity contribution in [2.24, 2.45) is 0 Å². The smallest absolute Gasteiger partial charge is 0.0109 e. The minimum atomic E-state index is 1.19. The Kier molecular flexibility index (Phi) is 27.6. The molecule has 0 saturated carbocycles. The van der Waals surface area contributed by atoms with Gasteiger partial charge >= 0.3 is 0 Å². The zero-order chi connectivity index (χ0) is 14.1. The van der Waals surface area contributed by atoms with Crippen molar-refractivity contribution in [3.8, 4) is 0 Å². The fourth-order valence-corrected chi connectivity index (χ4v) is 1.55. The summed E-state index contributed by atoms with van der Waals surface area (Å²) in [6, 6.07) is 0. The highest BCUT2D eigenvalue weighted by molar-refractivity contribution is 4.58. The SMILES string of the molecule is CC.CC.CCCN(C)CCN(CC)CCC. The minimum Gasteiger partial charge on any atom is -0.305 e. The van der Waals surface area contributed by atoms with E-state index < -0.39 is 0 Å². The molecule has 0 N–H and O–H groups in total. The second-order valence-corrected chi connectivity index (χ2v) is 3.74. The van der Waals surface area contributed by atoms with Crippen LogP contribution in [0, 0.1) is 0 Å². The van der Waals surface area contributed by atoms with Gasteiger partial charge in [0.15, 0.2) is 0 Å². The zero-order valence-corrected chi connectivity index (χ0v) is 13.8. The van der Waals surface area contributed by atoms with Gasteiger partial charge < -0.3 is 9.80 Å².